The molecule has 6 nitrogen and oxygen atoms in total. The van der Waals surface area contributed by atoms with Gasteiger partial charge in [0.25, 0.3) is 5.88 Å². The third kappa shape index (κ3) is 2.69. The minimum absolute atomic E-state index is 0.0703. The average Bonchev–Trinajstić information content (AvgIpc) is 3.25. The standard InChI is InChI=1S/C18H15ClN4O2S/c1-2-21-8-9-22-15(24)14(12-6-4-3-5-7-12)16(25)23(18(21)22)11-13-10-20-17(19)26-13/h3-10H,2,11H2,1H3/p+1. The predicted octanol–water partition coefficient (Wildman–Crippen LogP) is 2.94. The van der Waals surface area contributed by atoms with E-state index in [1.165, 1.54) is 11.3 Å². The summed E-state index contributed by atoms with van der Waals surface area (Å²) < 4.78 is 5.64. The number of aryl methyl sites for hydroxylation is 1. The summed E-state index contributed by atoms with van der Waals surface area (Å²) in [7, 11) is 0. The molecule has 26 heavy (non-hydrogen) atoms. The van der Waals surface area contributed by atoms with Crippen molar-refractivity contribution in [3.63, 3.8) is 0 Å². The summed E-state index contributed by atoms with van der Waals surface area (Å²) in [5.41, 5.74) is 0.687. The molecule has 0 saturated carbocycles. The number of imidazole rings is 1. The first-order valence-corrected chi connectivity index (χ1v) is 9.31. The van der Waals surface area contributed by atoms with Crippen molar-refractivity contribution in [2.45, 2.75) is 20.0 Å². The highest BCUT2D eigenvalue weighted by Crippen LogP contribution is 2.28. The van der Waals surface area contributed by atoms with E-state index in [4.69, 9.17) is 11.6 Å². The molecule has 3 heterocycles. The summed E-state index contributed by atoms with van der Waals surface area (Å²) in [6.07, 6.45) is 5.24. The van der Waals surface area contributed by atoms with Gasteiger partial charge in [-0.1, -0.05) is 41.9 Å². The molecule has 4 aromatic rings. The number of aromatic hydroxyl groups is 1. The number of hydrogen-bond acceptors (Lipinski definition) is 4. The Balaban J connectivity index is 2.04. The van der Waals surface area contributed by atoms with Gasteiger partial charge in [-0.25, -0.2) is 14.3 Å². The predicted molar refractivity (Wildman–Crippen MR) is 101 cm³/mol. The summed E-state index contributed by atoms with van der Waals surface area (Å²) in [5, 5.41) is 11.0. The van der Waals surface area contributed by atoms with Gasteiger partial charge in [0.05, 0.1) is 17.6 Å². The summed E-state index contributed by atoms with van der Waals surface area (Å²) in [6, 6.07) is 9.18. The maximum Gasteiger partial charge on any atom is 0.375 e. The van der Waals surface area contributed by atoms with Gasteiger partial charge in [0.1, 0.15) is 18.3 Å². The van der Waals surface area contributed by atoms with Crippen molar-refractivity contribution in [1.29, 1.82) is 0 Å². The zero-order valence-electron chi connectivity index (χ0n) is 14.0. The molecule has 0 aliphatic heterocycles. The van der Waals surface area contributed by atoms with Crippen molar-refractivity contribution in [2.24, 2.45) is 0 Å². The number of thiazole rings is 1. The van der Waals surface area contributed by atoms with Crippen molar-refractivity contribution in [2.75, 3.05) is 0 Å². The molecule has 8 heteroatoms. The van der Waals surface area contributed by atoms with Gasteiger partial charge >= 0.3 is 11.3 Å². The average molecular weight is 388 g/mol. The fourth-order valence-electron chi connectivity index (χ4n) is 3.07. The molecule has 0 unspecified atom stereocenters. The van der Waals surface area contributed by atoms with Crippen molar-refractivity contribution in [3.05, 3.63) is 68.6 Å². The number of benzene rings is 1. The second-order valence-electron chi connectivity index (χ2n) is 5.79. The van der Waals surface area contributed by atoms with E-state index in [0.717, 1.165) is 4.88 Å². The lowest BCUT2D eigenvalue weighted by molar-refractivity contribution is -0.670. The smallest absolute Gasteiger partial charge is 0.375 e. The van der Waals surface area contributed by atoms with E-state index in [-0.39, 0.29) is 17.0 Å². The first kappa shape index (κ1) is 16.8. The largest absolute Gasteiger partial charge is 0.483 e. The van der Waals surface area contributed by atoms with E-state index in [2.05, 4.69) is 4.98 Å². The highest BCUT2D eigenvalue weighted by atomic mass is 35.5. The highest BCUT2D eigenvalue weighted by molar-refractivity contribution is 7.15. The molecule has 0 atom stereocenters. The van der Waals surface area contributed by atoms with Crippen LogP contribution in [0.25, 0.3) is 16.9 Å². The van der Waals surface area contributed by atoms with Gasteiger partial charge < -0.3 is 5.11 Å². The van der Waals surface area contributed by atoms with Gasteiger partial charge in [0, 0.05) is 6.20 Å². The van der Waals surface area contributed by atoms with Gasteiger partial charge in [-0.15, -0.1) is 11.3 Å². The minimum atomic E-state index is -0.255. The lowest BCUT2D eigenvalue weighted by Gasteiger charge is -2.10. The van der Waals surface area contributed by atoms with Crippen LogP contribution in [0, 0.1) is 0 Å². The summed E-state index contributed by atoms with van der Waals surface area (Å²) in [5.74, 6) is 0.540. The molecule has 0 aliphatic rings. The van der Waals surface area contributed by atoms with E-state index in [1.54, 1.807) is 21.4 Å². The molecule has 4 rings (SSSR count). The molecule has 132 valence electrons. The fourth-order valence-corrected chi connectivity index (χ4v) is 4.04. The number of aromatic nitrogens is 4. The number of halogens is 1. The Morgan fingerprint density at radius 1 is 1.31 bits per heavy atom. The van der Waals surface area contributed by atoms with Crippen LogP contribution in [0.5, 0.6) is 5.88 Å². The van der Waals surface area contributed by atoms with E-state index < -0.39 is 0 Å². The van der Waals surface area contributed by atoms with Crippen LogP contribution in [0.3, 0.4) is 0 Å². The Kier molecular flexibility index (Phi) is 4.26. The van der Waals surface area contributed by atoms with E-state index in [9.17, 15) is 9.90 Å². The Labute approximate surface area is 158 Å². The van der Waals surface area contributed by atoms with E-state index in [1.807, 2.05) is 48.0 Å². The second kappa shape index (κ2) is 6.59. The topological polar surface area (TPSA) is 63.4 Å². The molecule has 0 saturated heterocycles. The van der Waals surface area contributed by atoms with Gasteiger partial charge in [0.15, 0.2) is 4.47 Å². The van der Waals surface area contributed by atoms with Crippen LogP contribution < -0.4 is 10.1 Å². The van der Waals surface area contributed by atoms with Crippen LogP contribution in [-0.2, 0) is 13.1 Å². The molecular weight excluding hydrogens is 372 g/mol. The van der Waals surface area contributed by atoms with Gasteiger partial charge in [0.2, 0.25) is 0 Å². The monoisotopic (exact) mass is 387 g/mol. The van der Waals surface area contributed by atoms with Crippen molar-refractivity contribution < 1.29 is 9.67 Å². The molecule has 0 radical (unpaired) electrons. The highest BCUT2D eigenvalue weighted by Gasteiger charge is 2.27. The van der Waals surface area contributed by atoms with Gasteiger partial charge in [-0.05, 0) is 12.5 Å². The maximum atomic E-state index is 13.0. The lowest BCUT2D eigenvalue weighted by atomic mass is 10.1. The molecule has 0 aliphatic carbocycles. The molecule has 0 fully saturated rings. The SMILES string of the molecule is CC[n+]1ccn2c(=O)c(-c3ccccc3)c(O)n(Cc3cnc(Cl)s3)c21. The second-order valence-corrected chi connectivity index (χ2v) is 7.49. The van der Waals surface area contributed by atoms with Crippen LogP contribution >= 0.6 is 22.9 Å². The number of fused-ring (bicyclic) bond motifs is 1. The van der Waals surface area contributed by atoms with Crippen LogP contribution in [-0.4, -0.2) is 19.1 Å². The third-order valence-corrected chi connectivity index (χ3v) is 5.36. The van der Waals surface area contributed by atoms with E-state index in [0.29, 0.717) is 28.9 Å². The summed E-state index contributed by atoms with van der Waals surface area (Å²) >= 11 is 7.30. The Morgan fingerprint density at radius 3 is 2.73 bits per heavy atom. The molecule has 0 spiro atoms. The summed E-state index contributed by atoms with van der Waals surface area (Å²) in [6.45, 7) is 3.02. The van der Waals surface area contributed by atoms with Gasteiger partial charge in [-0.2, -0.15) is 8.97 Å². The molecule has 1 aromatic carbocycles. The third-order valence-electron chi connectivity index (χ3n) is 4.26. The van der Waals surface area contributed by atoms with Crippen molar-refractivity contribution in [1.82, 2.24) is 14.0 Å². The number of rotatable bonds is 4. The Hall–Kier alpha value is -2.64. The number of nitrogens with zero attached hydrogens (tertiary/aromatic N) is 4. The van der Waals surface area contributed by atoms with Crippen LogP contribution in [0.4, 0.5) is 0 Å². The van der Waals surface area contributed by atoms with Crippen molar-refractivity contribution in [3.8, 4) is 17.0 Å². The van der Waals surface area contributed by atoms with Crippen LogP contribution in [0.15, 0.2) is 53.7 Å². The zero-order chi connectivity index (χ0) is 18.3. The zero-order valence-corrected chi connectivity index (χ0v) is 15.5. The summed E-state index contributed by atoms with van der Waals surface area (Å²) in [4.78, 5) is 18.0. The maximum absolute atomic E-state index is 13.0. The van der Waals surface area contributed by atoms with Gasteiger partial charge in [-0.3, -0.25) is 0 Å². The lowest BCUT2D eigenvalue weighted by Crippen LogP contribution is -2.36. The normalized spacial score (nSPS) is 11.3. The minimum Gasteiger partial charge on any atom is -0.483 e. The molecule has 0 amide bonds. The first-order chi connectivity index (χ1) is 12.6. The molecule has 1 N–H and O–H groups in total. The molecule has 3 aromatic heterocycles. The first-order valence-electron chi connectivity index (χ1n) is 8.12. The van der Waals surface area contributed by atoms with Crippen molar-refractivity contribution >= 4 is 28.7 Å². The van der Waals surface area contributed by atoms with Crippen LogP contribution in [0.1, 0.15) is 11.8 Å². The number of hydrogen-bond donors (Lipinski definition) is 1. The van der Waals surface area contributed by atoms with E-state index >= 15 is 0 Å². The van der Waals surface area contributed by atoms with Crippen LogP contribution in [0.2, 0.25) is 4.47 Å². The molecular formula is C18H16ClN4O2S+. The quantitative estimate of drug-likeness (QED) is 0.547. The fraction of sp³-hybridized carbons (Fsp3) is 0.167. The molecule has 0 bridgehead atoms. The Bertz CT molecular complexity index is 1150. The Morgan fingerprint density at radius 2 is 2.08 bits per heavy atom.